The largest absolute Gasteiger partial charge is 0.497 e. The van der Waals surface area contributed by atoms with Crippen LogP contribution in [0.1, 0.15) is 11.9 Å². The molecular formula is C17H20ClN5O2. The van der Waals surface area contributed by atoms with E-state index in [9.17, 15) is 0 Å². The van der Waals surface area contributed by atoms with E-state index in [-0.39, 0.29) is 18.4 Å². The number of hydrogen-bond donors (Lipinski definition) is 1. The number of hydrogen-bond acceptors (Lipinski definition) is 7. The molecule has 1 aliphatic heterocycles. The second kappa shape index (κ2) is 7.35. The first kappa shape index (κ1) is 17.6. The van der Waals surface area contributed by atoms with E-state index >= 15 is 0 Å². The molecule has 1 N–H and O–H groups in total. The van der Waals surface area contributed by atoms with Crippen LogP contribution in [0.2, 0.25) is 0 Å². The van der Waals surface area contributed by atoms with Gasteiger partial charge in [-0.15, -0.1) is 12.4 Å². The summed E-state index contributed by atoms with van der Waals surface area (Å²) in [6, 6.07) is 9.77. The molecule has 0 radical (unpaired) electrons. The molecule has 1 aromatic carbocycles. The van der Waals surface area contributed by atoms with Crippen molar-refractivity contribution >= 4 is 23.3 Å². The zero-order valence-corrected chi connectivity index (χ0v) is 14.9. The molecule has 2 aromatic heterocycles. The van der Waals surface area contributed by atoms with Crippen molar-refractivity contribution in [2.75, 3.05) is 33.8 Å². The van der Waals surface area contributed by atoms with Gasteiger partial charge in [0.1, 0.15) is 11.4 Å². The number of ether oxygens (including phenoxy) is 1. The monoisotopic (exact) mass is 361 g/mol. The number of benzene rings is 1. The number of halogens is 1. The molecule has 1 unspecified atom stereocenters. The lowest BCUT2D eigenvalue weighted by Gasteiger charge is -2.30. The van der Waals surface area contributed by atoms with Gasteiger partial charge < -0.3 is 14.6 Å². The van der Waals surface area contributed by atoms with E-state index in [0.29, 0.717) is 17.4 Å². The third-order valence-corrected chi connectivity index (χ3v) is 4.37. The summed E-state index contributed by atoms with van der Waals surface area (Å²) in [5, 5.41) is 8.51. The molecular weight excluding hydrogens is 342 g/mol. The maximum absolute atomic E-state index is 5.44. The number of piperazine rings is 1. The molecule has 8 heteroatoms. The van der Waals surface area contributed by atoms with E-state index in [4.69, 9.17) is 9.26 Å². The molecule has 132 valence electrons. The Bertz CT molecular complexity index is 869. The molecule has 0 aliphatic carbocycles. The van der Waals surface area contributed by atoms with Crippen molar-refractivity contribution in [3.05, 3.63) is 36.2 Å². The minimum Gasteiger partial charge on any atom is -0.497 e. The molecule has 0 bridgehead atoms. The number of rotatable bonds is 3. The molecule has 25 heavy (non-hydrogen) atoms. The summed E-state index contributed by atoms with van der Waals surface area (Å²) in [7, 11) is 3.73. The van der Waals surface area contributed by atoms with Gasteiger partial charge in [0.2, 0.25) is 0 Å². The Kier molecular flexibility index (Phi) is 5.17. The van der Waals surface area contributed by atoms with Gasteiger partial charge in [-0.25, -0.2) is 4.98 Å². The smallest absolute Gasteiger partial charge is 0.276 e. The molecule has 0 saturated carbocycles. The number of fused-ring (bicyclic) bond motifs is 1. The lowest BCUT2D eigenvalue weighted by molar-refractivity contribution is 0.190. The Balaban J connectivity index is 0.00000182. The Labute approximate surface area is 151 Å². The van der Waals surface area contributed by atoms with Gasteiger partial charge in [-0.1, -0.05) is 11.2 Å². The van der Waals surface area contributed by atoms with Crippen LogP contribution in [0.25, 0.3) is 22.5 Å². The van der Waals surface area contributed by atoms with Crippen molar-refractivity contribution in [1.82, 2.24) is 25.3 Å². The summed E-state index contributed by atoms with van der Waals surface area (Å²) in [4.78, 5) is 11.4. The molecule has 7 nitrogen and oxygen atoms in total. The number of methoxy groups -OCH3 is 1. The van der Waals surface area contributed by atoms with Crippen LogP contribution in [-0.2, 0) is 0 Å². The zero-order chi connectivity index (χ0) is 16.5. The van der Waals surface area contributed by atoms with Gasteiger partial charge in [0, 0.05) is 25.0 Å². The van der Waals surface area contributed by atoms with E-state index in [0.717, 1.165) is 36.3 Å². The van der Waals surface area contributed by atoms with Crippen molar-refractivity contribution in [2.45, 2.75) is 6.04 Å². The van der Waals surface area contributed by atoms with Crippen molar-refractivity contribution in [3.63, 3.8) is 0 Å². The number of aromatic nitrogens is 3. The fourth-order valence-electron chi connectivity index (χ4n) is 2.92. The van der Waals surface area contributed by atoms with Crippen LogP contribution in [0, 0.1) is 0 Å². The van der Waals surface area contributed by atoms with Crippen molar-refractivity contribution < 1.29 is 9.26 Å². The first-order chi connectivity index (χ1) is 11.7. The van der Waals surface area contributed by atoms with Crippen LogP contribution in [0.5, 0.6) is 5.75 Å². The summed E-state index contributed by atoms with van der Waals surface area (Å²) >= 11 is 0. The highest BCUT2D eigenvalue weighted by Gasteiger charge is 2.25. The fraction of sp³-hybridized carbons (Fsp3) is 0.353. The molecule has 1 saturated heterocycles. The van der Waals surface area contributed by atoms with Crippen molar-refractivity contribution in [2.24, 2.45) is 0 Å². The van der Waals surface area contributed by atoms with Crippen LogP contribution in [-0.4, -0.2) is 53.8 Å². The Morgan fingerprint density at radius 2 is 2.12 bits per heavy atom. The maximum atomic E-state index is 5.44. The number of nitrogens with zero attached hydrogens (tertiary/aromatic N) is 4. The zero-order valence-electron chi connectivity index (χ0n) is 14.1. The van der Waals surface area contributed by atoms with E-state index < -0.39 is 0 Å². The lowest BCUT2D eigenvalue weighted by Crippen LogP contribution is -2.44. The van der Waals surface area contributed by atoms with Crippen molar-refractivity contribution in [3.8, 4) is 17.3 Å². The standard InChI is InChI=1S/C17H19N5O2.ClH/c1-22-8-7-18-10-15(22)16-20-17(24-21-16)14-5-3-11-9-12(23-2)4-6-13(11)19-14;/h3-6,9,15,18H,7-8,10H2,1-2H3;1H. The predicted octanol–water partition coefficient (Wildman–Crippen LogP) is 2.29. The summed E-state index contributed by atoms with van der Waals surface area (Å²) < 4.78 is 10.7. The van der Waals surface area contributed by atoms with E-state index in [1.165, 1.54) is 0 Å². The van der Waals surface area contributed by atoms with Crippen LogP contribution in [0.15, 0.2) is 34.9 Å². The first-order valence-electron chi connectivity index (χ1n) is 7.94. The second-order valence-corrected chi connectivity index (χ2v) is 5.91. The van der Waals surface area contributed by atoms with Crippen LogP contribution >= 0.6 is 12.4 Å². The van der Waals surface area contributed by atoms with Gasteiger partial charge in [0.15, 0.2) is 5.82 Å². The van der Waals surface area contributed by atoms with Crippen molar-refractivity contribution in [1.29, 1.82) is 0 Å². The predicted molar refractivity (Wildman–Crippen MR) is 97.1 cm³/mol. The third kappa shape index (κ3) is 3.44. The Morgan fingerprint density at radius 1 is 1.24 bits per heavy atom. The number of likely N-dealkylation sites (N-methyl/N-ethyl adjacent to an activating group) is 1. The third-order valence-electron chi connectivity index (χ3n) is 4.37. The molecule has 4 rings (SSSR count). The minimum atomic E-state index is 0. The summed E-state index contributed by atoms with van der Waals surface area (Å²) in [6.07, 6.45) is 0. The average Bonchev–Trinajstić information content (AvgIpc) is 3.11. The molecule has 0 amide bonds. The Morgan fingerprint density at radius 3 is 2.92 bits per heavy atom. The average molecular weight is 362 g/mol. The topological polar surface area (TPSA) is 76.3 Å². The summed E-state index contributed by atoms with van der Waals surface area (Å²) in [5.74, 6) is 1.95. The molecule has 1 atom stereocenters. The van der Waals surface area contributed by atoms with Gasteiger partial charge in [-0.2, -0.15) is 4.98 Å². The van der Waals surface area contributed by atoms with E-state index in [2.05, 4.69) is 32.4 Å². The first-order valence-corrected chi connectivity index (χ1v) is 7.94. The minimum absolute atomic E-state index is 0. The normalized spacial score (nSPS) is 18.1. The van der Waals surface area contributed by atoms with Crippen LogP contribution < -0.4 is 10.1 Å². The Hall–Kier alpha value is -2.22. The molecule has 1 fully saturated rings. The molecule has 1 aliphatic rings. The molecule has 0 spiro atoms. The van der Waals surface area contributed by atoms with Crippen LogP contribution in [0.4, 0.5) is 0 Å². The highest BCUT2D eigenvalue weighted by Crippen LogP contribution is 2.25. The second-order valence-electron chi connectivity index (χ2n) is 5.91. The quantitative estimate of drug-likeness (QED) is 0.766. The van der Waals surface area contributed by atoms with E-state index in [1.54, 1.807) is 7.11 Å². The molecule has 3 aromatic rings. The van der Waals surface area contributed by atoms with Gasteiger partial charge in [-0.3, -0.25) is 4.90 Å². The van der Waals surface area contributed by atoms with Gasteiger partial charge in [-0.05, 0) is 31.3 Å². The van der Waals surface area contributed by atoms with Gasteiger partial charge in [0.25, 0.3) is 5.89 Å². The summed E-state index contributed by atoms with van der Waals surface area (Å²) in [6.45, 7) is 2.76. The summed E-state index contributed by atoms with van der Waals surface area (Å²) in [5.41, 5.74) is 1.54. The lowest BCUT2D eigenvalue weighted by atomic mass is 10.2. The SMILES string of the molecule is COc1ccc2nc(-c3nc(C4CNCCN4C)no3)ccc2c1.Cl. The maximum Gasteiger partial charge on any atom is 0.276 e. The molecule has 3 heterocycles. The van der Waals surface area contributed by atoms with Gasteiger partial charge in [0.05, 0.1) is 18.7 Å². The number of pyridine rings is 1. The van der Waals surface area contributed by atoms with Gasteiger partial charge >= 0.3 is 0 Å². The van der Waals surface area contributed by atoms with Crippen LogP contribution in [0.3, 0.4) is 0 Å². The van der Waals surface area contributed by atoms with E-state index in [1.807, 2.05) is 30.3 Å². The highest BCUT2D eigenvalue weighted by atomic mass is 35.5. The highest BCUT2D eigenvalue weighted by molar-refractivity contribution is 5.85. The fourth-order valence-corrected chi connectivity index (χ4v) is 2.92. The number of nitrogens with one attached hydrogen (secondary N) is 1.